The van der Waals surface area contributed by atoms with Crippen molar-refractivity contribution in [3.8, 4) is 5.75 Å². The second kappa shape index (κ2) is 12.1. The van der Waals surface area contributed by atoms with Gasteiger partial charge in [0.2, 0.25) is 0 Å². The van der Waals surface area contributed by atoms with Crippen LogP contribution in [0, 0.1) is 0 Å². The molecule has 3 aromatic rings. The number of amides is 1. The van der Waals surface area contributed by atoms with Crippen LogP contribution in [0.3, 0.4) is 0 Å². The third-order valence-corrected chi connectivity index (χ3v) is 11.9. The molecule has 0 aliphatic rings. The first-order valence-corrected chi connectivity index (χ1v) is 16.1. The number of rotatable bonds is 14. The fourth-order valence-corrected chi connectivity index (χ4v) is 5.00. The zero-order valence-corrected chi connectivity index (χ0v) is 23.9. The molecular formula is C28H44N4O3Si. The number of aromatic nitrogens is 3. The van der Waals surface area contributed by atoms with Gasteiger partial charge >= 0.3 is 0 Å². The number of ether oxygens (including phenoxy) is 1. The van der Waals surface area contributed by atoms with Crippen LogP contribution in [0.1, 0.15) is 76.3 Å². The van der Waals surface area contributed by atoms with Crippen LogP contribution in [-0.4, -0.2) is 41.6 Å². The first-order valence-electron chi connectivity index (χ1n) is 13.2. The van der Waals surface area contributed by atoms with Crippen molar-refractivity contribution in [2.75, 3.05) is 13.2 Å². The number of nitrogens with zero attached hydrogens (tertiary/aromatic N) is 3. The molecule has 0 saturated heterocycles. The lowest BCUT2D eigenvalue weighted by Crippen LogP contribution is -2.42. The highest BCUT2D eigenvalue weighted by Crippen LogP contribution is 2.37. The fraction of sp³-hybridized carbons (Fsp3) is 0.571. The topological polar surface area (TPSA) is 84.3 Å². The number of unbranched alkanes of at least 4 members (excludes halogenated alkanes) is 3. The summed E-state index contributed by atoms with van der Waals surface area (Å²) in [6.07, 6.45) is 11.2. The van der Waals surface area contributed by atoms with Gasteiger partial charge in [0.25, 0.3) is 5.91 Å². The first kappa shape index (κ1) is 28.0. The molecule has 1 unspecified atom stereocenters. The molecule has 198 valence electrons. The van der Waals surface area contributed by atoms with Gasteiger partial charge in [0.15, 0.2) is 8.32 Å². The fourth-order valence-electron chi connectivity index (χ4n) is 3.96. The molecule has 2 aromatic heterocycles. The van der Waals surface area contributed by atoms with Gasteiger partial charge in [-0.3, -0.25) is 4.79 Å². The Labute approximate surface area is 217 Å². The Morgan fingerprint density at radius 2 is 1.94 bits per heavy atom. The second-order valence-electron chi connectivity index (χ2n) is 11.2. The number of carbonyl (C=O) groups is 1. The van der Waals surface area contributed by atoms with E-state index in [0.717, 1.165) is 37.3 Å². The average Bonchev–Trinajstić information content (AvgIpc) is 3.46. The smallest absolute Gasteiger partial charge is 0.268 e. The van der Waals surface area contributed by atoms with Gasteiger partial charge in [-0.25, -0.2) is 4.98 Å². The van der Waals surface area contributed by atoms with E-state index in [1.54, 1.807) is 12.5 Å². The van der Waals surface area contributed by atoms with Crippen molar-refractivity contribution in [3.63, 3.8) is 0 Å². The minimum absolute atomic E-state index is 0.0372. The van der Waals surface area contributed by atoms with Crippen LogP contribution in [-0.2, 0) is 11.0 Å². The summed E-state index contributed by atoms with van der Waals surface area (Å²) in [5, 5.41) is 1.31. The van der Waals surface area contributed by atoms with Gasteiger partial charge in [-0.15, -0.1) is 0 Å². The first-order chi connectivity index (χ1) is 17.0. The molecular weight excluding hydrogens is 468 g/mol. The SMILES string of the molecule is CCCCCCOc1ccc2ccn(CCC(CO[Si](C)(C)C(C)(C)C)n3cnc(C(N)=O)c3)c2c1. The van der Waals surface area contributed by atoms with Gasteiger partial charge in [-0.2, -0.15) is 0 Å². The largest absolute Gasteiger partial charge is 0.494 e. The summed E-state index contributed by atoms with van der Waals surface area (Å²) in [6.45, 7) is 15.6. The standard InChI is InChI=1S/C28H44N4O3Si/c1-7-8-9-10-17-34-24-12-11-22-13-15-31(26(22)18-24)16-14-23(20-35-36(5,6)28(2,3)4)32-19-25(27(29)33)30-21-32/h11-13,15,18-19,21,23H,7-10,14,16-17,20H2,1-6H3,(H2,29,33). The number of hydrogen-bond acceptors (Lipinski definition) is 4. The molecule has 0 aliphatic heterocycles. The van der Waals surface area contributed by atoms with E-state index in [1.807, 2.05) is 4.57 Å². The minimum Gasteiger partial charge on any atom is -0.494 e. The zero-order valence-electron chi connectivity index (χ0n) is 22.9. The summed E-state index contributed by atoms with van der Waals surface area (Å²) < 4.78 is 16.8. The van der Waals surface area contributed by atoms with Gasteiger partial charge in [-0.1, -0.05) is 47.0 Å². The number of carbonyl (C=O) groups excluding carboxylic acids is 1. The lowest BCUT2D eigenvalue weighted by molar-refractivity contribution is 0.0995. The van der Waals surface area contributed by atoms with Crippen molar-refractivity contribution in [1.82, 2.24) is 14.1 Å². The van der Waals surface area contributed by atoms with Crippen LogP contribution in [0.5, 0.6) is 5.75 Å². The van der Waals surface area contributed by atoms with Crippen molar-refractivity contribution in [3.05, 3.63) is 48.7 Å². The maximum Gasteiger partial charge on any atom is 0.268 e. The predicted molar refractivity (Wildman–Crippen MR) is 149 cm³/mol. The summed E-state index contributed by atoms with van der Waals surface area (Å²) in [4.78, 5) is 15.8. The van der Waals surface area contributed by atoms with Gasteiger partial charge < -0.3 is 24.0 Å². The molecule has 1 atom stereocenters. The minimum atomic E-state index is -1.93. The Kier molecular flexibility index (Phi) is 9.41. The molecule has 36 heavy (non-hydrogen) atoms. The van der Waals surface area contributed by atoms with E-state index in [-0.39, 0.29) is 16.8 Å². The molecule has 0 spiro atoms. The number of primary amides is 1. The van der Waals surface area contributed by atoms with E-state index in [0.29, 0.717) is 6.61 Å². The van der Waals surface area contributed by atoms with Crippen molar-refractivity contribution in [1.29, 1.82) is 0 Å². The molecule has 2 heterocycles. The van der Waals surface area contributed by atoms with Gasteiger partial charge in [0.1, 0.15) is 11.4 Å². The van der Waals surface area contributed by atoms with Gasteiger partial charge in [0, 0.05) is 25.0 Å². The third-order valence-electron chi connectivity index (χ3n) is 7.43. The number of benzene rings is 1. The molecule has 0 aliphatic carbocycles. The van der Waals surface area contributed by atoms with Crippen LogP contribution < -0.4 is 10.5 Å². The lowest BCUT2D eigenvalue weighted by Gasteiger charge is -2.37. The highest BCUT2D eigenvalue weighted by atomic mass is 28.4. The Hall–Kier alpha value is -2.58. The molecule has 8 heteroatoms. The summed E-state index contributed by atoms with van der Waals surface area (Å²) >= 11 is 0. The molecule has 0 saturated carbocycles. The van der Waals surface area contributed by atoms with Crippen molar-refractivity contribution >= 4 is 25.1 Å². The van der Waals surface area contributed by atoms with Crippen LogP contribution in [0.25, 0.3) is 10.9 Å². The number of fused-ring (bicyclic) bond motifs is 1. The predicted octanol–water partition coefficient (Wildman–Crippen LogP) is 6.55. The Morgan fingerprint density at radius 1 is 1.17 bits per heavy atom. The average molecular weight is 513 g/mol. The maximum atomic E-state index is 11.6. The van der Waals surface area contributed by atoms with E-state index in [9.17, 15) is 4.79 Å². The third kappa shape index (κ3) is 7.23. The van der Waals surface area contributed by atoms with Crippen molar-refractivity contribution in [2.24, 2.45) is 5.73 Å². The van der Waals surface area contributed by atoms with Gasteiger partial charge in [-0.05, 0) is 54.6 Å². The van der Waals surface area contributed by atoms with E-state index in [1.165, 1.54) is 24.6 Å². The summed E-state index contributed by atoms with van der Waals surface area (Å²) in [5.74, 6) is 0.397. The van der Waals surface area contributed by atoms with Crippen molar-refractivity contribution < 1.29 is 14.0 Å². The Balaban J connectivity index is 1.73. The number of nitrogens with two attached hydrogens (primary N) is 1. The summed E-state index contributed by atoms with van der Waals surface area (Å²) in [6, 6.07) is 8.50. The maximum absolute atomic E-state index is 11.6. The molecule has 2 N–H and O–H groups in total. The molecule has 1 amide bonds. The number of imidazole rings is 1. The molecule has 0 radical (unpaired) electrons. The van der Waals surface area contributed by atoms with Gasteiger partial charge in [0.05, 0.1) is 31.1 Å². The monoisotopic (exact) mass is 512 g/mol. The lowest BCUT2D eigenvalue weighted by atomic mass is 10.2. The highest BCUT2D eigenvalue weighted by Gasteiger charge is 2.37. The molecule has 3 rings (SSSR count). The van der Waals surface area contributed by atoms with Crippen molar-refractivity contribution in [2.45, 2.75) is 90.5 Å². The quantitative estimate of drug-likeness (QED) is 0.196. The van der Waals surface area contributed by atoms with Crippen LogP contribution in [0.2, 0.25) is 18.1 Å². The number of hydrogen-bond donors (Lipinski definition) is 1. The van der Waals surface area contributed by atoms with E-state index < -0.39 is 14.2 Å². The molecule has 0 fully saturated rings. The Bertz CT molecular complexity index is 1130. The highest BCUT2D eigenvalue weighted by molar-refractivity contribution is 6.74. The zero-order chi connectivity index (χ0) is 26.3. The normalized spacial score (nSPS) is 13.3. The van der Waals surface area contributed by atoms with E-state index in [4.69, 9.17) is 14.9 Å². The molecule has 0 bridgehead atoms. The van der Waals surface area contributed by atoms with Crippen LogP contribution >= 0.6 is 0 Å². The second-order valence-corrected chi connectivity index (χ2v) is 16.0. The Morgan fingerprint density at radius 3 is 2.61 bits per heavy atom. The van der Waals surface area contributed by atoms with Crippen LogP contribution in [0.15, 0.2) is 43.0 Å². The van der Waals surface area contributed by atoms with Crippen LogP contribution in [0.4, 0.5) is 0 Å². The molecule has 1 aromatic carbocycles. The summed E-state index contributed by atoms with van der Waals surface area (Å²) in [5.41, 5.74) is 6.90. The van der Waals surface area contributed by atoms with E-state index >= 15 is 0 Å². The number of aryl methyl sites for hydroxylation is 1. The molecule has 7 nitrogen and oxygen atoms in total. The van der Waals surface area contributed by atoms with E-state index in [2.05, 4.69) is 80.8 Å². The summed E-state index contributed by atoms with van der Waals surface area (Å²) in [7, 11) is -1.93.